The summed E-state index contributed by atoms with van der Waals surface area (Å²) in [4.78, 5) is 14.4. The van der Waals surface area contributed by atoms with Gasteiger partial charge in [0.25, 0.3) is 0 Å². The molecule has 2 aromatic carbocycles. The second-order valence-corrected chi connectivity index (χ2v) is 10.7. The van der Waals surface area contributed by atoms with Crippen molar-refractivity contribution in [2.75, 3.05) is 6.54 Å². The first-order valence-corrected chi connectivity index (χ1v) is 12.7. The van der Waals surface area contributed by atoms with E-state index in [9.17, 15) is 13.2 Å². The largest absolute Gasteiger partial charge is 0.348 e. The van der Waals surface area contributed by atoms with E-state index in [-0.39, 0.29) is 35.3 Å². The summed E-state index contributed by atoms with van der Waals surface area (Å²) in [6, 6.07) is 21.7. The van der Waals surface area contributed by atoms with Crippen molar-refractivity contribution in [2.24, 2.45) is 5.92 Å². The number of carbonyl (C=O) groups excluding carboxylic acids is 1. The van der Waals surface area contributed by atoms with Crippen molar-refractivity contribution in [2.45, 2.75) is 36.7 Å². The summed E-state index contributed by atoms with van der Waals surface area (Å²) in [7, 11) is -3.74. The topological polar surface area (TPSA) is 66.5 Å². The van der Waals surface area contributed by atoms with E-state index in [4.69, 9.17) is 0 Å². The third kappa shape index (κ3) is 4.74. The minimum atomic E-state index is -3.74. The average molecular weight is 455 g/mol. The van der Waals surface area contributed by atoms with Gasteiger partial charge >= 0.3 is 0 Å². The molecule has 1 saturated heterocycles. The maximum Gasteiger partial charge on any atom is 0.243 e. The van der Waals surface area contributed by atoms with E-state index in [2.05, 4.69) is 5.32 Å². The molecule has 1 aliphatic rings. The van der Waals surface area contributed by atoms with E-state index >= 15 is 0 Å². The van der Waals surface area contributed by atoms with Gasteiger partial charge in [0.15, 0.2) is 0 Å². The van der Waals surface area contributed by atoms with Crippen molar-refractivity contribution in [1.82, 2.24) is 9.62 Å². The van der Waals surface area contributed by atoms with E-state index in [0.29, 0.717) is 12.8 Å². The number of sulfonamides is 1. The molecule has 0 radical (unpaired) electrons. The van der Waals surface area contributed by atoms with E-state index < -0.39 is 10.0 Å². The summed E-state index contributed by atoms with van der Waals surface area (Å²) in [5.74, 6) is -0.485. The van der Waals surface area contributed by atoms with Crippen LogP contribution in [0.3, 0.4) is 0 Å². The van der Waals surface area contributed by atoms with Gasteiger partial charge in [-0.1, -0.05) is 54.6 Å². The fraction of sp³-hybridized carbons (Fsp3) is 0.292. The van der Waals surface area contributed by atoms with Gasteiger partial charge in [0.1, 0.15) is 0 Å². The number of nitrogens with zero attached hydrogens (tertiary/aromatic N) is 1. The van der Waals surface area contributed by atoms with Crippen LogP contribution in [-0.2, 0) is 14.8 Å². The zero-order valence-electron chi connectivity index (χ0n) is 17.3. The van der Waals surface area contributed by atoms with Crippen molar-refractivity contribution >= 4 is 27.3 Å². The minimum absolute atomic E-state index is 0.0966. The van der Waals surface area contributed by atoms with Gasteiger partial charge in [0.2, 0.25) is 15.9 Å². The summed E-state index contributed by atoms with van der Waals surface area (Å²) in [5.41, 5.74) is 0.952. The van der Waals surface area contributed by atoms with Crippen molar-refractivity contribution in [3.8, 4) is 0 Å². The van der Waals surface area contributed by atoms with Gasteiger partial charge in [-0.05, 0) is 48.9 Å². The summed E-state index contributed by atoms with van der Waals surface area (Å²) in [6.45, 7) is 2.12. The lowest BCUT2D eigenvalue weighted by molar-refractivity contribution is -0.127. The summed E-state index contributed by atoms with van der Waals surface area (Å²) in [5, 5.41) is 5.05. The molecule has 5 nitrogen and oxygen atoms in total. The van der Waals surface area contributed by atoms with Crippen molar-refractivity contribution in [1.29, 1.82) is 0 Å². The van der Waals surface area contributed by atoms with Crippen LogP contribution in [0.2, 0.25) is 0 Å². The quantitative estimate of drug-likeness (QED) is 0.584. The molecule has 1 N–H and O–H groups in total. The van der Waals surface area contributed by atoms with Crippen LogP contribution in [0.5, 0.6) is 0 Å². The third-order valence-electron chi connectivity index (χ3n) is 5.77. The second kappa shape index (κ2) is 9.34. The van der Waals surface area contributed by atoms with Crippen molar-refractivity contribution < 1.29 is 13.2 Å². The molecule has 3 atom stereocenters. The highest BCUT2D eigenvalue weighted by Crippen LogP contribution is 2.37. The molecule has 1 amide bonds. The normalized spacial score (nSPS) is 20.8. The Morgan fingerprint density at radius 2 is 1.68 bits per heavy atom. The standard InChI is InChI=1S/C24H26N2O3S2/c1-18(23-13-8-16-30-23)25-24(27)20-14-15-22(19-9-4-2-5-10-19)26(17-20)31(28,29)21-11-6-3-7-12-21/h2-13,16,18,20,22H,14-15,17H2,1H3,(H,25,27)/t18?,20-,22-/m1/s1. The number of rotatable bonds is 6. The Morgan fingerprint density at radius 3 is 2.32 bits per heavy atom. The molecule has 0 spiro atoms. The lowest BCUT2D eigenvalue weighted by Crippen LogP contribution is -2.47. The number of nitrogens with one attached hydrogen (secondary N) is 1. The first-order chi connectivity index (χ1) is 15.0. The van der Waals surface area contributed by atoms with Gasteiger partial charge in [0.05, 0.1) is 22.9 Å². The molecular weight excluding hydrogens is 428 g/mol. The molecule has 0 saturated carbocycles. The van der Waals surface area contributed by atoms with Crippen molar-refractivity contribution in [3.63, 3.8) is 0 Å². The van der Waals surface area contributed by atoms with Gasteiger partial charge in [-0.3, -0.25) is 4.79 Å². The fourth-order valence-corrected chi connectivity index (χ4v) is 6.54. The molecule has 1 fully saturated rings. The Kier molecular flexibility index (Phi) is 6.55. The van der Waals surface area contributed by atoms with Gasteiger partial charge in [-0.2, -0.15) is 4.31 Å². The number of benzene rings is 2. The number of hydrogen-bond donors (Lipinski definition) is 1. The van der Waals surface area contributed by atoms with Crippen LogP contribution in [0.15, 0.2) is 83.1 Å². The predicted molar refractivity (Wildman–Crippen MR) is 123 cm³/mol. The van der Waals surface area contributed by atoms with Crippen LogP contribution in [0, 0.1) is 5.92 Å². The molecule has 162 valence electrons. The Hall–Kier alpha value is -2.48. The molecule has 1 aromatic heterocycles. The molecule has 31 heavy (non-hydrogen) atoms. The zero-order valence-corrected chi connectivity index (χ0v) is 19.0. The highest BCUT2D eigenvalue weighted by Gasteiger charge is 2.40. The van der Waals surface area contributed by atoms with Crippen LogP contribution in [-0.4, -0.2) is 25.2 Å². The molecule has 1 unspecified atom stereocenters. The van der Waals surface area contributed by atoms with Crippen LogP contribution < -0.4 is 5.32 Å². The zero-order chi connectivity index (χ0) is 21.8. The Bertz CT molecular complexity index is 1100. The molecule has 0 bridgehead atoms. The lowest BCUT2D eigenvalue weighted by atomic mass is 9.90. The Morgan fingerprint density at radius 1 is 1.00 bits per heavy atom. The SMILES string of the molecule is CC(NC(=O)[C@@H]1CC[C@H](c2ccccc2)N(S(=O)(=O)c2ccccc2)C1)c1cccs1. The second-order valence-electron chi connectivity index (χ2n) is 7.83. The molecule has 1 aliphatic heterocycles. The summed E-state index contributed by atoms with van der Waals surface area (Å²) >= 11 is 1.60. The average Bonchev–Trinajstić information content (AvgIpc) is 3.35. The summed E-state index contributed by atoms with van der Waals surface area (Å²) in [6.07, 6.45) is 1.24. The molecular formula is C24H26N2O3S2. The molecule has 2 heterocycles. The number of hydrogen-bond acceptors (Lipinski definition) is 4. The van der Waals surface area contributed by atoms with Crippen molar-refractivity contribution in [3.05, 3.63) is 88.6 Å². The Labute approximate surface area is 187 Å². The van der Waals surface area contributed by atoms with Crippen LogP contribution in [0.4, 0.5) is 0 Å². The number of thiophene rings is 1. The first-order valence-electron chi connectivity index (χ1n) is 10.4. The van der Waals surface area contributed by atoms with E-state index in [1.165, 1.54) is 4.31 Å². The number of piperidine rings is 1. The van der Waals surface area contributed by atoms with Crippen LogP contribution in [0.1, 0.15) is 42.3 Å². The molecule has 7 heteroatoms. The number of amides is 1. The minimum Gasteiger partial charge on any atom is -0.348 e. The van der Waals surface area contributed by atoms with E-state index in [1.54, 1.807) is 41.7 Å². The van der Waals surface area contributed by atoms with Crippen LogP contribution >= 0.6 is 11.3 Å². The van der Waals surface area contributed by atoms with Gasteiger partial charge < -0.3 is 5.32 Å². The fourth-order valence-electron chi connectivity index (χ4n) is 4.09. The predicted octanol–water partition coefficient (Wildman–Crippen LogP) is 4.77. The number of carbonyl (C=O) groups is 1. The first kappa shape index (κ1) is 21.7. The maximum absolute atomic E-state index is 13.5. The van der Waals surface area contributed by atoms with E-state index in [1.807, 2.05) is 54.8 Å². The van der Waals surface area contributed by atoms with Crippen LogP contribution in [0.25, 0.3) is 0 Å². The van der Waals surface area contributed by atoms with E-state index in [0.717, 1.165) is 10.4 Å². The van der Waals surface area contributed by atoms with Gasteiger partial charge in [-0.25, -0.2) is 8.42 Å². The molecule has 0 aliphatic carbocycles. The maximum atomic E-state index is 13.5. The smallest absolute Gasteiger partial charge is 0.243 e. The highest BCUT2D eigenvalue weighted by atomic mass is 32.2. The summed E-state index contributed by atoms with van der Waals surface area (Å²) < 4.78 is 28.6. The Balaban J connectivity index is 1.60. The third-order valence-corrected chi connectivity index (χ3v) is 8.71. The van der Waals surface area contributed by atoms with Gasteiger partial charge in [-0.15, -0.1) is 11.3 Å². The lowest BCUT2D eigenvalue weighted by Gasteiger charge is -2.38. The molecule has 3 aromatic rings. The van der Waals surface area contributed by atoms with Gasteiger partial charge in [0, 0.05) is 11.4 Å². The monoisotopic (exact) mass is 454 g/mol. The molecule has 4 rings (SSSR count). The highest BCUT2D eigenvalue weighted by molar-refractivity contribution is 7.89.